The van der Waals surface area contributed by atoms with Gasteiger partial charge in [0.15, 0.2) is 0 Å². The Morgan fingerprint density at radius 3 is 2.20 bits per heavy atom. The second-order valence-corrected chi connectivity index (χ2v) is 4.27. The van der Waals surface area contributed by atoms with Crippen LogP contribution in [0.1, 0.15) is 59.3 Å². The van der Waals surface area contributed by atoms with Crippen LogP contribution in [0, 0.1) is 0 Å². The molecule has 0 aliphatic rings. The minimum Gasteiger partial charge on any atom is -0.380 e. The van der Waals surface area contributed by atoms with Gasteiger partial charge in [-0.15, -0.1) is 0 Å². The molecule has 0 saturated heterocycles. The van der Waals surface area contributed by atoms with Crippen LogP contribution < -0.4 is 5.32 Å². The summed E-state index contributed by atoms with van der Waals surface area (Å²) in [7, 11) is 1.84. The van der Waals surface area contributed by atoms with Crippen LogP contribution in [0.5, 0.6) is 0 Å². The smallest absolute Gasteiger partial charge is 0.0724 e. The molecule has 2 heteroatoms. The van der Waals surface area contributed by atoms with E-state index in [0.29, 0.717) is 12.1 Å². The molecule has 2 atom stereocenters. The second kappa shape index (κ2) is 10.4. The first-order valence-corrected chi connectivity index (χ1v) is 6.56. The molecular weight excluding hydrogens is 186 g/mol. The zero-order valence-electron chi connectivity index (χ0n) is 11.0. The van der Waals surface area contributed by atoms with Crippen LogP contribution in [0.3, 0.4) is 0 Å². The number of unbranched alkanes of at least 4 members (excludes halogenated alkanes) is 1. The van der Waals surface area contributed by atoms with Crippen LogP contribution in [-0.4, -0.2) is 25.8 Å². The van der Waals surface area contributed by atoms with Gasteiger partial charge in [-0.05, 0) is 25.8 Å². The zero-order valence-corrected chi connectivity index (χ0v) is 11.0. The van der Waals surface area contributed by atoms with Crippen LogP contribution in [0.15, 0.2) is 0 Å². The maximum Gasteiger partial charge on any atom is 0.0724 e. The molecule has 0 aromatic heterocycles. The lowest BCUT2D eigenvalue weighted by Gasteiger charge is -2.27. The van der Waals surface area contributed by atoms with E-state index in [1.54, 1.807) is 0 Å². The van der Waals surface area contributed by atoms with Crippen molar-refractivity contribution in [3.63, 3.8) is 0 Å². The standard InChI is InChI=1S/C13H29NO/c1-5-8-10-12(14-11-7-3)13(15-4)9-6-2/h12-14H,5-11H2,1-4H3. The van der Waals surface area contributed by atoms with E-state index in [1.807, 2.05) is 7.11 Å². The van der Waals surface area contributed by atoms with Gasteiger partial charge in [0.2, 0.25) is 0 Å². The first-order valence-electron chi connectivity index (χ1n) is 6.56. The lowest BCUT2D eigenvalue weighted by atomic mass is 10.0. The van der Waals surface area contributed by atoms with Crippen molar-refractivity contribution in [2.24, 2.45) is 0 Å². The molecule has 0 rings (SSSR count). The summed E-state index contributed by atoms with van der Waals surface area (Å²) in [5.41, 5.74) is 0. The molecule has 0 amide bonds. The van der Waals surface area contributed by atoms with E-state index >= 15 is 0 Å². The third-order valence-corrected chi connectivity index (χ3v) is 2.85. The summed E-state index contributed by atoms with van der Waals surface area (Å²) in [5.74, 6) is 0. The molecule has 0 saturated carbocycles. The fourth-order valence-electron chi connectivity index (χ4n) is 1.94. The highest BCUT2D eigenvalue weighted by molar-refractivity contribution is 4.76. The predicted octanol–water partition coefficient (Wildman–Crippen LogP) is 3.36. The van der Waals surface area contributed by atoms with Crippen LogP contribution in [0.25, 0.3) is 0 Å². The molecule has 2 nitrogen and oxygen atoms in total. The maximum absolute atomic E-state index is 5.58. The Morgan fingerprint density at radius 2 is 1.73 bits per heavy atom. The van der Waals surface area contributed by atoms with Gasteiger partial charge >= 0.3 is 0 Å². The lowest BCUT2D eigenvalue weighted by molar-refractivity contribution is 0.0574. The van der Waals surface area contributed by atoms with Gasteiger partial charge in [0.05, 0.1) is 6.10 Å². The molecule has 0 heterocycles. The fraction of sp³-hybridized carbons (Fsp3) is 1.00. The summed E-state index contributed by atoms with van der Waals surface area (Å²) in [5, 5.41) is 3.62. The second-order valence-electron chi connectivity index (χ2n) is 4.27. The van der Waals surface area contributed by atoms with E-state index in [1.165, 1.54) is 38.5 Å². The summed E-state index contributed by atoms with van der Waals surface area (Å²) in [6.07, 6.45) is 7.78. The van der Waals surface area contributed by atoms with Crippen molar-refractivity contribution in [2.75, 3.05) is 13.7 Å². The minimum atomic E-state index is 0.396. The Bertz CT molecular complexity index is 120. The Balaban J connectivity index is 4.02. The van der Waals surface area contributed by atoms with Gasteiger partial charge in [-0.25, -0.2) is 0 Å². The molecule has 2 unspecified atom stereocenters. The van der Waals surface area contributed by atoms with Gasteiger partial charge in [0.1, 0.15) is 0 Å². The van der Waals surface area contributed by atoms with E-state index in [0.717, 1.165) is 6.54 Å². The van der Waals surface area contributed by atoms with Crippen molar-refractivity contribution in [3.8, 4) is 0 Å². The van der Waals surface area contributed by atoms with Crippen LogP contribution >= 0.6 is 0 Å². The molecule has 0 aliphatic heterocycles. The number of hydrogen-bond donors (Lipinski definition) is 1. The predicted molar refractivity (Wildman–Crippen MR) is 67.3 cm³/mol. The number of hydrogen-bond acceptors (Lipinski definition) is 2. The highest BCUT2D eigenvalue weighted by Gasteiger charge is 2.18. The Hall–Kier alpha value is -0.0800. The zero-order chi connectivity index (χ0) is 11.5. The van der Waals surface area contributed by atoms with Gasteiger partial charge < -0.3 is 10.1 Å². The number of ether oxygens (including phenoxy) is 1. The summed E-state index contributed by atoms with van der Waals surface area (Å²) < 4.78 is 5.58. The van der Waals surface area contributed by atoms with E-state index in [-0.39, 0.29) is 0 Å². The largest absolute Gasteiger partial charge is 0.380 e. The quantitative estimate of drug-likeness (QED) is 0.603. The molecule has 0 radical (unpaired) electrons. The monoisotopic (exact) mass is 215 g/mol. The highest BCUT2D eigenvalue weighted by Crippen LogP contribution is 2.12. The molecule has 0 spiro atoms. The van der Waals surface area contributed by atoms with Crippen LogP contribution in [0.2, 0.25) is 0 Å². The summed E-state index contributed by atoms with van der Waals surface area (Å²) >= 11 is 0. The van der Waals surface area contributed by atoms with Gasteiger partial charge in [-0.3, -0.25) is 0 Å². The molecule has 92 valence electrons. The van der Waals surface area contributed by atoms with Gasteiger partial charge in [0.25, 0.3) is 0 Å². The maximum atomic E-state index is 5.58. The van der Waals surface area contributed by atoms with Crippen LogP contribution in [-0.2, 0) is 4.74 Å². The third-order valence-electron chi connectivity index (χ3n) is 2.85. The summed E-state index contributed by atoms with van der Waals surface area (Å²) in [6, 6.07) is 0.551. The molecule has 1 N–H and O–H groups in total. The topological polar surface area (TPSA) is 21.3 Å². The number of methoxy groups -OCH3 is 1. The fourth-order valence-corrected chi connectivity index (χ4v) is 1.94. The van der Waals surface area contributed by atoms with Crippen molar-refractivity contribution < 1.29 is 4.74 Å². The van der Waals surface area contributed by atoms with E-state index in [2.05, 4.69) is 26.1 Å². The highest BCUT2D eigenvalue weighted by atomic mass is 16.5. The normalized spacial score (nSPS) is 15.2. The van der Waals surface area contributed by atoms with E-state index in [4.69, 9.17) is 4.74 Å². The Morgan fingerprint density at radius 1 is 1.00 bits per heavy atom. The van der Waals surface area contributed by atoms with Gasteiger partial charge in [-0.1, -0.05) is 40.0 Å². The summed E-state index contributed by atoms with van der Waals surface area (Å²) in [6.45, 7) is 7.80. The van der Waals surface area contributed by atoms with Crippen molar-refractivity contribution >= 4 is 0 Å². The molecular formula is C13H29NO. The van der Waals surface area contributed by atoms with Crippen molar-refractivity contribution in [3.05, 3.63) is 0 Å². The molecule has 0 fully saturated rings. The molecule has 0 aliphatic carbocycles. The van der Waals surface area contributed by atoms with Crippen molar-refractivity contribution in [1.82, 2.24) is 5.32 Å². The molecule has 15 heavy (non-hydrogen) atoms. The average Bonchev–Trinajstić information content (AvgIpc) is 2.27. The van der Waals surface area contributed by atoms with Gasteiger partial charge in [-0.2, -0.15) is 0 Å². The third kappa shape index (κ3) is 6.91. The first-order chi connectivity index (χ1) is 7.29. The number of rotatable bonds is 10. The molecule has 0 aromatic rings. The van der Waals surface area contributed by atoms with Gasteiger partial charge in [0, 0.05) is 13.2 Å². The Kier molecular flexibility index (Phi) is 10.4. The van der Waals surface area contributed by atoms with E-state index < -0.39 is 0 Å². The van der Waals surface area contributed by atoms with E-state index in [9.17, 15) is 0 Å². The van der Waals surface area contributed by atoms with Crippen LogP contribution in [0.4, 0.5) is 0 Å². The Labute approximate surface area is 95.8 Å². The molecule has 0 aromatic carbocycles. The van der Waals surface area contributed by atoms with Crippen molar-refractivity contribution in [1.29, 1.82) is 0 Å². The average molecular weight is 215 g/mol. The van der Waals surface area contributed by atoms with Crippen molar-refractivity contribution in [2.45, 2.75) is 71.4 Å². The summed E-state index contributed by atoms with van der Waals surface area (Å²) in [4.78, 5) is 0. The first kappa shape index (κ1) is 14.9. The minimum absolute atomic E-state index is 0.396. The lowest BCUT2D eigenvalue weighted by Crippen LogP contribution is -2.41. The number of nitrogens with one attached hydrogen (secondary N) is 1. The SMILES string of the molecule is CCCCC(NCCC)C(CCC)OC. The molecule has 0 bridgehead atoms.